The summed E-state index contributed by atoms with van der Waals surface area (Å²) in [5.41, 5.74) is 6.76. The van der Waals surface area contributed by atoms with E-state index in [1.165, 1.54) is 0 Å². The smallest absolute Gasteiger partial charge is 0.115 e. The highest BCUT2D eigenvalue weighted by molar-refractivity contribution is 5.83. The molecular formula is C40H28N4O2. The van der Waals surface area contributed by atoms with E-state index < -0.39 is 0 Å². The Bertz CT molecular complexity index is 2180. The number of aromatic hydroxyl groups is 2. The molecule has 0 bridgehead atoms. The summed E-state index contributed by atoms with van der Waals surface area (Å²) in [6.45, 7) is 0. The Balaban J connectivity index is 1.46. The van der Waals surface area contributed by atoms with E-state index in [9.17, 15) is 10.2 Å². The van der Waals surface area contributed by atoms with E-state index in [1.54, 1.807) is 36.7 Å². The normalized spacial score (nSPS) is 16.4. The summed E-state index contributed by atoms with van der Waals surface area (Å²) in [6, 6.07) is 45.9. The van der Waals surface area contributed by atoms with Crippen LogP contribution in [0.4, 0.5) is 11.4 Å². The molecule has 0 radical (unpaired) electrons. The first-order valence-electron chi connectivity index (χ1n) is 14.8. The number of fused-ring (bicyclic) bond motifs is 2. The van der Waals surface area contributed by atoms with Gasteiger partial charge in [0.1, 0.15) is 11.5 Å². The molecule has 1 heterocycles. The van der Waals surface area contributed by atoms with Crippen molar-refractivity contribution in [1.29, 1.82) is 0 Å². The summed E-state index contributed by atoms with van der Waals surface area (Å²) in [6.07, 6.45) is 3.55. The summed E-state index contributed by atoms with van der Waals surface area (Å²) in [7, 11) is 0. The molecule has 7 rings (SSSR count). The highest BCUT2D eigenvalue weighted by Gasteiger charge is 2.11. The second-order valence-electron chi connectivity index (χ2n) is 10.8. The Hall–Kier alpha value is -6.40. The highest BCUT2D eigenvalue weighted by atomic mass is 16.3. The summed E-state index contributed by atoms with van der Waals surface area (Å²) >= 11 is 0. The lowest BCUT2D eigenvalue weighted by molar-refractivity contribution is 0.475. The van der Waals surface area contributed by atoms with Crippen molar-refractivity contribution in [3.8, 4) is 11.5 Å². The third-order valence-electron chi connectivity index (χ3n) is 7.54. The Morgan fingerprint density at radius 2 is 0.826 bits per heavy atom. The van der Waals surface area contributed by atoms with Crippen LogP contribution in [0.5, 0.6) is 11.5 Å². The largest absolute Gasteiger partial charge is 0.508 e. The van der Waals surface area contributed by atoms with Crippen LogP contribution in [0.15, 0.2) is 166 Å². The maximum atomic E-state index is 9.65. The minimum atomic E-state index is 0.214. The van der Waals surface area contributed by atoms with Crippen LogP contribution in [0, 0.1) is 0 Å². The summed E-state index contributed by atoms with van der Waals surface area (Å²) in [5, 5.41) is 22.6. The van der Waals surface area contributed by atoms with Crippen molar-refractivity contribution in [2.45, 2.75) is 0 Å². The van der Waals surface area contributed by atoms with Gasteiger partial charge in [-0.05, 0) is 96.1 Å². The molecule has 6 aromatic carbocycles. The average molecular weight is 597 g/mol. The number of benzene rings is 6. The van der Waals surface area contributed by atoms with Crippen molar-refractivity contribution < 1.29 is 10.2 Å². The molecule has 6 aromatic rings. The zero-order chi connectivity index (χ0) is 31.3. The van der Waals surface area contributed by atoms with Gasteiger partial charge in [-0.25, -0.2) is 9.98 Å². The van der Waals surface area contributed by atoms with Crippen LogP contribution in [0.3, 0.4) is 0 Å². The lowest BCUT2D eigenvalue weighted by atomic mass is 10.1. The molecule has 1 aliphatic rings. The molecule has 0 fully saturated rings. The Kier molecular flexibility index (Phi) is 7.82. The average Bonchev–Trinajstić information content (AvgIpc) is 3.10. The van der Waals surface area contributed by atoms with Gasteiger partial charge >= 0.3 is 0 Å². The molecule has 0 saturated heterocycles. The molecule has 0 amide bonds. The maximum absolute atomic E-state index is 9.65. The van der Waals surface area contributed by atoms with Gasteiger partial charge < -0.3 is 10.2 Å². The second-order valence-corrected chi connectivity index (χ2v) is 10.8. The monoisotopic (exact) mass is 596 g/mol. The van der Waals surface area contributed by atoms with E-state index in [0.717, 1.165) is 66.2 Å². The van der Waals surface area contributed by atoms with Crippen molar-refractivity contribution in [3.63, 3.8) is 0 Å². The first kappa shape index (κ1) is 28.4. The van der Waals surface area contributed by atoms with Gasteiger partial charge in [0.15, 0.2) is 0 Å². The summed E-state index contributed by atoms with van der Waals surface area (Å²) in [5.74, 6) is 0.427. The molecule has 0 aliphatic carbocycles. The fourth-order valence-electron chi connectivity index (χ4n) is 5.20. The standard InChI is InChI=1S/C40H28N4O2/c45-33-17-11-27(12-18-33)25-41-31-15-21-37-35(23-31)39(29-7-3-1-4-8-29)43-38-22-16-32(42-26-28-13-19-34(46)20-14-28)24-36(38)40(44-37)30-9-5-2-6-10-30/h1-26,45-46H/b39-35-,40-36-,41-25?,42-26?,43-38+,43-39?,44-37+,44-40?. The third kappa shape index (κ3) is 6.27. The third-order valence-corrected chi connectivity index (χ3v) is 7.54. The first-order chi connectivity index (χ1) is 22.6. The van der Waals surface area contributed by atoms with Crippen molar-refractivity contribution >= 4 is 35.2 Å². The molecule has 0 unspecified atom stereocenters. The van der Waals surface area contributed by atoms with Gasteiger partial charge in [-0.15, -0.1) is 0 Å². The quantitative estimate of drug-likeness (QED) is 0.236. The number of rotatable bonds is 6. The van der Waals surface area contributed by atoms with E-state index >= 15 is 0 Å². The molecular weight excluding hydrogens is 568 g/mol. The zero-order valence-electron chi connectivity index (χ0n) is 24.7. The molecule has 6 heteroatoms. The molecule has 6 nitrogen and oxygen atoms in total. The molecule has 46 heavy (non-hydrogen) atoms. The van der Waals surface area contributed by atoms with Gasteiger partial charge in [-0.2, -0.15) is 0 Å². The van der Waals surface area contributed by atoms with Crippen LogP contribution in [-0.2, 0) is 0 Å². The topological polar surface area (TPSA) is 89.9 Å². The van der Waals surface area contributed by atoms with Gasteiger partial charge in [-0.3, -0.25) is 9.98 Å². The Labute approximate surface area is 265 Å². The number of phenols is 2. The molecule has 2 N–H and O–H groups in total. The van der Waals surface area contributed by atoms with Crippen LogP contribution >= 0.6 is 0 Å². The predicted octanol–water partition coefficient (Wildman–Crippen LogP) is 5.87. The van der Waals surface area contributed by atoms with Crippen LogP contribution in [-0.4, -0.2) is 22.6 Å². The number of nitrogens with zero attached hydrogens (tertiary/aromatic N) is 4. The molecule has 0 saturated carbocycles. The maximum Gasteiger partial charge on any atom is 0.115 e. The van der Waals surface area contributed by atoms with Gasteiger partial charge in [0.05, 0.1) is 33.5 Å². The van der Waals surface area contributed by atoms with E-state index in [0.29, 0.717) is 0 Å². The molecule has 1 aliphatic heterocycles. The Morgan fingerprint density at radius 3 is 1.22 bits per heavy atom. The summed E-state index contributed by atoms with van der Waals surface area (Å²) in [4.78, 5) is 20.1. The van der Waals surface area contributed by atoms with Gasteiger partial charge in [0, 0.05) is 34.0 Å². The van der Waals surface area contributed by atoms with Gasteiger partial charge in [0.25, 0.3) is 0 Å². The zero-order valence-corrected chi connectivity index (χ0v) is 24.7. The van der Waals surface area contributed by atoms with Crippen LogP contribution in [0.25, 0.3) is 11.4 Å². The fraction of sp³-hybridized carbons (Fsp3) is 0. The van der Waals surface area contributed by atoms with Crippen LogP contribution in [0.2, 0.25) is 0 Å². The van der Waals surface area contributed by atoms with E-state index in [1.807, 2.05) is 97.1 Å². The van der Waals surface area contributed by atoms with E-state index in [4.69, 9.17) is 20.0 Å². The SMILES string of the molecule is Oc1ccc(C=Nc2ccc3/c(c2)=C(c2ccccc2)\N=c2/ccc(N=Cc4ccc(O)cc4)c/c2=C(c2ccccc2)/N=3)cc1. The van der Waals surface area contributed by atoms with E-state index in [2.05, 4.69) is 24.3 Å². The summed E-state index contributed by atoms with van der Waals surface area (Å²) < 4.78 is 0. The highest BCUT2D eigenvalue weighted by Crippen LogP contribution is 2.18. The fourth-order valence-corrected chi connectivity index (χ4v) is 5.20. The number of hydrogen-bond donors (Lipinski definition) is 2. The number of aliphatic imine (C=N–C) groups is 2. The van der Waals surface area contributed by atoms with Crippen molar-refractivity contribution in [3.05, 3.63) is 189 Å². The Morgan fingerprint density at radius 1 is 0.435 bits per heavy atom. The minimum absolute atomic E-state index is 0.214. The number of phenolic OH excluding ortho intramolecular Hbond substituents is 2. The molecule has 220 valence electrons. The van der Waals surface area contributed by atoms with Crippen LogP contribution in [0.1, 0.15) is 22.3 Å². The predicted molar refractivity (Wildman–Crippen MR) is 183 cm³/mol. The lowest BCUT2D eigenvalue weighted by Gasteiger charge is -2.10. The first-order valence-corrected chi connectivity index (χ1v) is 14.8. The minimum Gasteiger partial charge on any atom is -0.508 e. The van der Waals surface area contributed by atoms with Crippen LogP contribution < -0.4 is 21.2 Å². The lowest BCUT2D eigenvalue weighted by Crippen LogP contribution is -2.34. The molecule has 0 spiro atoms. The van der Waals surface area contributed by atoms with Gasteiger partial charge in [-0.1, -0.05) is 60.7 Å². The number of hydrogen-bond acceptors (Lipinski definition) is 6. The molecule has 0 aromatic heterocycles. The molecule has 0 atom stereocenters. The van der Waals surface area contributed by atoms with Crippen molar-refractivity contribution in [1.82, 2.24) is 0 Å². The van der Waals surface area contributed by atoms with Gasteiger partial charge in [0.2, 0.25) is 0 Å². The van der Waals surface area contributed by atoms with E-state index in [-0.39, 0.29) is 11.5 Å². The second kappa shape index (κ2) is 12.7. The van der Waals surface area contributed by atoms with Crippen molar-refractivity contribution in [2.24, 2.45) is 20.0 Å². The van der Waals surface area contributed by atoms with Crippen molar-refractivity contribution in [2.75, 3.05) is 0 Å².